The molecule has 0 bridgehead atoms. The molecule has 8 heteroatoms. The molecular formula is C22H29F3N4O. The SMILES string of the molecule is Cc1nc2cc(C3CCC(C(F)(F)F)CC3)nn2c(C2CN(C=O)CCC2C)c1C. The van der Waals surface area contributed by atoms with E-state index in [0.29, 0.717) is 25.3 Å². The van der Waals surface area contributed by atoms with E-state index in [9.17, 15) is 18.0 Å². The summed E-state index contributed by atoms with van der Waals surface area (Å²) >= 11 is 0. The molecule has 0 N–H and O–H groups in total. The van der Waals surface area contributed by atoms with Crippen molar-refractivity contribution in [2.75, 3.05) is 13.1 Å². The average Bonchev–Trinajstić information content (AvgIpc) is 3.12. The Hall–Kier alpha value is -2.12. The van der Waals surface area contributed by atoms with Gasteiger partial charge in [0.2, 0.25) is 6.41 Å². The summed E-state index contributed by atoms with van der Waals surface area (Å²) < 4.78 is 41.0. The summed E-state index contributed by atoms with van der Waals surface area (Å²) in [6.07, 6.45) is -0.939. The molecular weight excluding hydrogens is 393 g/mol. The lowest BCUT2D eigenvalue weighted by atomic mass is 9.80. The predicted octanol–water partition coefficient (Wildman–Crippen LogP) is 4.76. The molecule has 2 aliphatic rings. The van der Waals surface area contributed by atoms with Gasteiger partial charge in [-0.2, -0.15) is 18.3 Å². The molecule has 2 atom stereocenters. The van der Waals surface area contributed by atoms with Gasteiger partial charge in [-0.25, -0.2) is 9.50 Å². The highest BCUT2D eigenvalue weighted by Crippen LogP contribution is 2.43. The van der Waals surface area contributed by atoms with Gasteiger partial charge in [0, 0.05) is 36.7 Å². The number of piperidine rings is 1. The van der Waals surface area contributed by atoms with Gasteiger partial charge < -0.3 is 4.90 Å². The number of carbonyl (C=O) groups is 1. The van der Waals surface area contributed by atoms with Crippen LogP contribution >= 0.6 is 0 Å². The van der Waals surface area contributed by atoms with Crippen LogP contribution in [0.1, 0.15) is 73.5 Å². The molecule has 1 saturated carbocycles. The van der Waals surface area contributed by atoms with Crippen LogP contribution in [0, 0.1) is 25.7 Å². The van der Waals surface area contributed by atoms with Gasteiger partial charge in [-0.15, -0.1) is 0 Å². The van der Waals surface area contributed by atoms with Gasteiger partial charge >= 0.3 is 6.18 Å². The normalized spacial score (nSPS) is 28.1. The zero-order valence-electron chi connectivity index (χ0n) is 17.7. The molecule has 1 aliphatic carbocycles. The number of hydrogen-bond acceptors (Lipinski definition) is 3. The fourth-order valence-electron chi connectivity index (χ4n) is 5.14. The second kappa shape index (κ2) is 7.85. The summed E-state index contributed by atoms with van der Waals surface area (Å²) in [5.41, 5.74) is 4.66. The van der Waals surface area contributed by atoms with Gasteiger partial charge in [0.15, 0.2) is 5.65 Å². The Labute approximate surface area is 174 Å². The Bertz CT molecular complexity index is 931. The van der Waals surface area contributed by atoms with Gasteiger partial charge in [-0.3, -0.25) is 4.79 Å². The van der Waals surface area contributed by atoms with E-state index in [1.165, 1.54) is 0 Å². The summed E-state index contributed by atoms with van der Waals surface area (Å²) in [6.45, 7) is 7.64. The van der Waals surface area contributed by atoms with Gasteiger partial charge in [-0.1, -0.05) is 6.92 Å². The molecule has 4 rings (SSSR count). The first kappa shape index (κ1) is 21.1. The van der Waals surface area contributed by atoms with Crippen LogP contribution in [0.15, 0.2) is 6.07 Å². The van der Waals surface area contributed by atoms with Crippen LogP contribution in [0.4, 0.5) is 13.2 Å². The van der Waals surface area contributed by atoms with Crippen molar-refractivity contribution in [2.45, 2.75) is 70.9 Å². The van der Waals surface area contributed by atoms with E-state index in [-0.39, 0.29) is 24.7 Å². The highest BCUT2D eigenvalue weighted by molar-refractivity contribution is 5.49. The number of rotatable bonds is 3. The second-order valence-corrected chi connectivity index (χ2v) is 9.11. The lowest BCUT2D eigenvalue weighted by Gasteiger charge is -2.36. The minimum absolute atomic E-state index is 0.0361. The first-order chi connectivity index (χ1) is 14.2. The fraction of sp³-hybridized carbons (Fsp3) is 0.682. The summed E-state index contributed by atoms with van der Waals surface area (Å²) in [4.78, 5) is 17.9. The molecule has 0 spiro atoms. The predicted molar refractivity (Wildman–Crippen MR) is 107 cm³/mol. The molecule has 0 aromatic carbocycles. The van der Waals surface area contributed by atoms with Crippen LogP contribution in [0.2, 0.25) is 0 Å². The number of likely N-dealkylation sites (tertiary alicyclic amines) is 1. The number of alkyl halides is 3. The molecule has 164 valence electrons. The number of nitrogens with zero attached hydrogens (tertiary/aromatic N) is 4. The van der Waals surface area contributed by atoms with Crippen molar-refractivity contribution in [2.24, 2.45) is 11.8 Å². The van der Waals surface area contributed by atoms with Crippen molar-refractivity contribution in [3.63, 3.8) is 0 Å². The fourth-order valence-corrected chi connectivity index (χ4v) is 5.14. The zero-order chi connectivity index (χ0) is 21.6. The van der Waals surface area contributed by atoms with E-state index in [1.54, 1.807) is 0 Å². The number of aryl methyl sites for hydroxylation is 1. The van der Waals surface area contributed by atoms with E-state index in [2.05, 4.69) is 6.92 Å². The Morgan fingerprint density at radius 2 is 1.83 bits per heavy atom. The van der Waals surface area contributed by atoms with Gasteiger partial charge in [-0.05, 0) is 57.4 Å². The first-order valence-electron chi connectivity index (χ1n) is 10.8. The zero-order valence-corrected chi connectivity index (χ0v) is 17.7. The van der Waals surface area contributed by atoms with Crippen LogP contribution in [-0.2, 0) is 4.79 Å². The Kier molecular flexibility index (Phi) is 5.53. The third kappa shape index (κ3) is 3.81. The van der Waals surface area contributed by atoms with Gasteiger partial charge in [0.25, 0.3) is 0 Å². The van der Waals surface area contributed by atoms with Crippen molar-refractivity contribution >= 4 is 12.1 Å². The quantitative estimate of drug-likeness (QED) is 0.670. The minimum atomic E-state index is -4.10. The Balaban J connectivity index is 1.68. The Morgan fingerprint density at radius 3 is 2.47 bits per heavy atom. The number of aromatic nitrogens is 3. The molecule has 1 amide bonds. The highest BCUT2D eigenvalue weighted by Gasteiger charge is 2.42. The lowest BCUT2D eigenvalue weighted by molar-refractivity contribution is -0.182. The number of amides is 1. The maximum atomic E-state index is 13.0. The maximum absolute atomic E-state index is 13.0. The van der Waals surface area contributed by atoms with Crippen LogP contribution in [-0.4, -0.2) is 45.2 Å². The van der Waals surface area contributed by atoms with E-state index < -0.39 is 12.1 Å². The summed E-state index contributed by atoms with van der Waals surface area (Å²) in [6, 6.07) is 1.94. The molecule has 0 radical (unpaired) electrons. The van der Waals surface area contributed by atoms with Crippen LogP contribution in [0.3, 0.4) is 0 Å². The average molecular weight is 422 g/mol. The lowest BCUT2D eigenvalue weighted by Crippen LogP contribution is -2.38. The largest absolute Gasteiger partial charge is 0.391 e. The molecule has 3 heterocycles. The molecule has 2 aromatic rings. The van der Waals surface area contributed by atoms with Crippen LogP contribution in [0.25, 0.3) is 5.65 Å². The number of hydrogen-bond donors (Lipinski definition) is 0. The Morgan fingerprint density at radius 1 is 1.13 bits per heavy atom. The van der Waals surface area contributed by atoms with Crippen LogP contribution in [0.5, 0.6) is 0 Å². The molecule has 2 aromatic heterocycles. The van der Waals surface area contributed by atoms with Crippen molar-refractivity contribution in [1.82, 2.24) is 19.5 Å². The molecule has 2 fully saturated rings. The summed E-state index contributed by atoms with van der Waals surface area (Å²) in [5, 5.41) is 4.85. The van der Waals surface area contributed by atoms with Crippen molar-refractivity contribution in [3.05, 3.63) is 28.7 Å². The minimum Gasteiger partial charge on any atom is -0.345 e. The van der Waals surface area contributed by atoms with E-state index >= 15 is 0 Å². The van der Waals surface area contributed by atoms with E-state index in [4.69, 9.17) is 10.1 Å². The van der Waals surface area contributed by atoms with Crippen molar-refractivity contribution in [3.8, 4) is 0 Å². The van der Waals surface area contributed by atoms with Crippen molar-refractivity contribution in [1.29, 1.82) is 0 Å². The third-order valence-corrected chi connectivity index (χ3v) is 7.25. The number of fused-ring (bicyclic) bond motifs is 1. The summed E-state index contributed by atoms with van der Waals surface area (Å²) in [5.74, 6) is -0.600. The second-order valence-electron chi connectivity index (χ2n) is 9.11. The smallest absolute Gasteiger partial charge is 0.345 e. The first-order valence-corrected chi connectivity index (χ1v) is 10.8. The third-order valence-electron chi connectivity index (χ3n) is 7.25. The molecule has 2 unspecified atom stereocenters. The highest BCUT2D eigenvalue weighted by atomic mass is 19.4. The van der Waals surface area contributed by atoms with Gasteiger partial charge in [0.1, 0.15) is 0 Å². The molecule has 30 heavy (non-hydrogen) atoms. The van der Waals surface area contributed by atoms with Gasteiger partial charge in [0.05, 0.1) is 17.3 Å². The monoisotopic (exact) mass is 422 g/mol. The number of halogens is 3. The number of carbonyl (C=O) groups excluding carboxylic acids is 1. The molecule has 1 saturated heterocycles. The topological polar surface area (TPSA) is 50.5 Å². The summed E-state index contributed by atoms with van der Waals surface area (Å²) in [7, 11) is 0. The van der Waals surface area contributed by atoms with E-state index in [1.807, 2.05) is 29.3 Å². The maximum Gasteiger partial charge on any atom is 0.391 e. The molecule has 1 aliphatic heterocycles. The van der Waals surface area contributed by atoms with Crippen molar-refractivity contribution < 1.29 is 18.0 Å². The van der Waals surface area contributed by atoms with E-state index in [0.717, 1.165) is 47.7 Å². The molecule has 5 nitrogen and oxygen atoms in total. The standard InChI is InChI=1S/C22H29F3N4O/c1-13-8-9-28(12-30)11-18(13)21-14(2)15(3)26-20-10-19(27-29(20)21)16-4-6-17(7-5-16)22(23,24)25/h10,12-13,16-18H,4-9,11H2,1-3H3. The van der Waals surface area contributed by atoms with Crippen LogP contribution < -0.4 is 0 Å².